The predicted octanol–water partition coefficient (Wildman–Crippen LogP) is 2.92. The van der Waals surface area contributed by atoms with Crippen molar-refractivity contribution >= 4 is 39.6 Å². The molecule has 0 atom stereocenters. The number of likely N-dealkylation sites (tertiary alicyclic amines) is 1. The molecule has 1 aliphatic rings. The lowest BCUT2D eigenvalue weighted by Crippen LogP contribution is -2.36. The highest BCUT2D eigenvalue weighted by atomic mass is 32.1. The first-order valence-corrected chi connectivity index (χ1v) is 11.2. The number of carbonyl (C=O) groups excluding carboxylic acids is 2. The Bertz CT molecular complexity index is 722. The molecule has 0 spiro atoms. The van der Waals surface area contributed by atoms with E-state index < -0.39 is 0 Å². The van der Waals surface area contributed by atoms with E-state index in [-0.39, 0.29) is 18.2 Å². The van der Waals surface area contributed by atoms with E-state index in [0.717, 1.165) is 24.5 Å². The normalized spacial score (nSPS) is 15.3. The standard InChI is InChI=1S/C19H26N4O2S2/c24-17(20-7-10-23-8-3-1-2-4-9-23)12-15-14-27-19(21-15)22-18(25)13-16-6-5-11-26-16/h5-6,11,14H,1-4,7-10,12-13H2,(H,20,24)(H,21,22,25). The number of thiazole rings is 1. The van der Waals surface area contributed by atoms with E-state index in [9.17, 15) is 9.59 Å². The van der Waals surface area contributed by atoms with Crippen LogP contribution >= 0.6 is 22.7 Å². The molecule has 0 saturated carbocycles. The van der Waals surface area contributed by atoms with Crippen LogP contribution in [0.25, 0.3) is 0 Å². The molecule has 0 radical (unpaired) electrons. The highest BCUT2D eigenvalue weighted by molar-refractivity contribution is 7.14. The topological polar surface area (TPSA) is 74.3 Å². The summed E-state index contributed by atoms with van der Waals surface area (Å²) in [7, 11) is 0. The number of hydrogen-bond acceptors (Lipinski definition) is 6. The van der Waals surface area contributed by atoms with Crippen LogP contribution in [0.1, 0.15) is 36.3 Å². The molecule has 146 valence electrons. The summed E-state index contributed by atoms with van der Waals surface area (Å²) in [6, 6.07) is 3.87. The second-order valence-electron chi connectivity index (χ2n) is 6.73. The van der Waals surface area contributed by atoms with Gasteiger partial charge in [-0.15, -0.1) is 22.7 Å². The summed E-state index contributed by atoms with van der Waals surface area (Å²) in [5.41, 5.74) is 0.693. The van der Waals surface area contributed by atoms with Gasteiger partial charge in [-0.2, -0.15) is 0 Å². The van der Waals surface area contributed by atoms with E-state index >= 15 is 0 Å². The quantitative estimate of drug-likeness (QED) is 0.707. The smallest absolute Gasteiger partial charge is 0.231 e. The van der Waals surface area contributed by atoms with E-state index in [0.29, 0.717) is 23.8 Å². The summed E-state index contributed by atoms with van der Waals surface area (Å²) in [5, 5.41) is 10.1. The fraction of sp³-hybridized carbons (Fsp3) is 0.526. The third-order valence-corrected chi connectivity index (χ3v) is 6.19. The summed E-state index contributed by atoms with van der Waals surface area (Å²) < 4.78 is 0. The maximum absolute atomic E-state index is 12.1. The number of hydrogen-bond donors (Lipinski definition) is 2. The van der Waals surface area contributed by atoms with Crippen molar-refractivity contribution in [2.45, 2.75) is 38.5 Å². The van der Waals surface area contributed by atoms with Crippen molar-refractivity contribution in [1.82, 2.24) is 15.2 Å². The Morgan fingerprint density at radius 1 is 1.07 bits per heavy atom. The maximum Gasteiger partial charge on any atom is 0.231 e. The molecule has 2 N–H and O–H groups in total. The Balaban J connectivity index is 1.36. The number of aromatic nitrogens is 1. The van der Waals surface area contributed by atoms with E-state index in [4.69, 9.17) is 0 Å². The molecule has 0 aromatic carbocycles. The third-order valence-electron chi connectivity index (χ3n) is 4.50. The number of carbonyl (C=O) groups is 2. The van der Waals surface area contributed by atoms with Crippen LogP contribution < -0.4 is 10.6 Å². The molecule has 2 amide bonds. The van der Waals surface area contributed by atoms with Crippen LogP contribution in [0.3, 0.4) is 0 Å². The first-order chi connectivity index (χ1) is 13.2. The molecule has 3 rings (SSSR count). The van der Waals surface area contributed by atoms with Crippen molar-refractivity contribution < 1.29 is 9.59 Å². The Morgan fingerprint density at radius 2 is 1.89 bits per heavy atom. The van der Waals surface area contributed by atoms with Gasteiger partial charge in [0.25, 0.3) is 0 Å². The number of thiophene rings is 1. The molecule has 2 aromatic heterocycles. The molecule has 0 unspecified atom stereocenters. The predicted molar refractivity (Wildman–Crippen MR) is 110 cm³/mol. The van der Waals surface area contributed by atoms with Crippen LogP contribution in [-0.4, -0.2) is 47.9 Å². The number of nitrogens with zero attached hydrogens (tertiary/aromatic N) is 2. The highest BCUT2D eigenvalue weighted by Crippen LogP contribution is 2.17. The van der Waals surface area contributed by atoms with Gasteiger partial charge < -0.3 is 15.5 Å². The van der Waals surface area contributed by atoms with Crippen LogP contribution in [0.2, 0.25) is 0 Å². The van der Waals surface area contributed by atoms with Gasteiger partial charge in [-0.1, -0.05) is 18.9 Å². The molecule has 2 aromatic rings. The minimum Gasteiger partial charge on any atom is -0.354 e. The van der Waals surface area contributed by atoms with Gasteiger partial charge in [-0.3, -0.25) is 9.59 Å². The summed E-state index contributed by atoms with van der Waals surface area (Å²) in [6.07, 6.45) is 5.75. The van der Waals surface area contributed by atoms with Gasteiger partial charge in [-0.25, -0.2) is 4.98 Å². The minimum absolute atomic E-state index is 0.0217. The summed E-state index contributed by atoms with van der Waals surface area (Å²) in [6.45, 7) is 3.85. The molecule has 8 heteroatoms. The largest absolute Gasteiger partial charge is 0.354 e. The summed E-state index contributed by atoms with van der Waals surface area (Å²) >= 11 is 2.91. The molecular weight excluding hydrogens is 380 g/mol. The number of amides is 2. The zero-order valence-corrected chi connectivity index (χ0v) is 17.0. The van der Waals surface area contributed by atoms with Crippen molar-refractivity contribution in [1.29, 1.82) is 0 Å². The average molecular weight is 407 g/mol. The van der Waals surface area contributed by atoms with E-state index in [1.165, 1.54) is 37.0 Å². The highest BCUT2D eigenvalue weighted by Gasteiger charge is 2.12. The minimum atomic E-state index is -0.0831. The molecule has 0 bridgehead atoms. The van der Waals surface area contributed by atoms with Gasteiger partial charge in [0.2, 0.25) is 11.8 Å². The lowest BCUT2D eigenvalue weighted by Gasteiger charge is -2.19. The molecule has 1 fully saturated rings. The van der Waals surface area contributed by atoms with Crippen LogP contribution in [0.15, 0.2) is 22.9 Å². The SMILES string of the molecule is O=C(Cc1csc(NC(=O)Cc2cccs2)n1)NCCN1CCCCCC1. The monoisotopic (exact) mass is 406 g/mol. The van der Waals surface area contributed by atoms with E-state index in [2.05, 4.69) is 20.5 Å². The molecule has 1 aliphatic heterocycles. The van der Waals surface area contributed by atoms with E-state index in [1.807, 2.05) is 22.9 Å². The van der Waals surface area contributed by atoms with Gasteiger partial charge in [0, 0.05) is 23.3 Å². The molecular formula is C19H26N4O2S2. The van der Waals surface area contributed by atoms with Crippen molar-refractivity contribution in [2.75, 3.05) is 31.5 Å². The molecule has 6 nitrogen and oxygen atoms in total. The fourth-order valence-electron chi connectivity index (χ4n) is 3.12. The zero-order valence-electron chi connectivity index (χ0n) is 15.4. The van der Waals surface area contributed by atoms with Crippen molar-refractivity contribution in [3.8, 4) is 0 Å². The van der Waals surface area contributed by atoms with Gasteiger partial charge in [0.1, 0.15) is 0 Å². The van der Waals surface area contributed by atoms with Gasteiger partial charge >= 0.3 is 0 Å². The van der Waals surface area contributed by atoms with E-state index in [1.54, 1.807) is 11.3 Å². The first-order valence-electron chi connectivity index (χ1n) is 9.45. The maximum atomic E-state index is 12.1. The van der Waals surface area contributed by atoms with Gasteiger partial charge in [0.15, 0.2) is 5.13 Å². The lowest BCUT2D eigenvalue weighted by molar-refractivity contribution is -0.120. The fourth-order valence-corrected chi connectivity index (χ4v) is 4.55. The Morgan fingerprint density at radius 3 is 2.63 bits per heavy atom. The van der Waals surface area contributed by atoms with Crippen molar-refractivity contribution in [3.05, 3.63) is 33.5 Å². The summed E-state index contributed by atoms with van der Waals surface area (Å²) in [5.74, 6) is -0.105. The van der Waals surface area contributed by atoms with Crippen LogP contribution in [0.5, 0.6) is 0 Å². The first kappa shape index (κ1) is 20.0. The zero-order chi connectivity index (χ0) is 18.9. The second kappa shape index (κ2) is 10.5. The Hall–Kier alpha value is -1.77. The van der Waals surface area contributed by atoms with Crippen molar-refractivity contribution in [2.24, 2.45) is 0 Å². The number of rotatable bonds is 8. The molecule has 27 heavy (non-hydrogen) atoms. The Labute approximate surface area is 168 Å². The molecule has 0 aliphatic carbocycles. The number of nitrogens with one attached hydrogen (secondary N) is 2. The molecule has 3 heterocycles. The second-order valence-corrected chi connectivity index (χ2v) is 8.62. The molecule has 1 saturated heterocycles. The van der Waals surface area contributed by atoms with Crippen LogP contribution in [0.4, 0.5) is 5.13 Å². The lowest BCUT2D eigenvalue weighted by atomic mass is 10.2. The third kappa shape index (κ3) is 7.04. The number of anilines is 1. The summed E-state index contributed by atoms with van der Waals surface area (Å²) in [4.78, 5) is 31.9. The average Bonchev–Trinajstić information content (AvgIpc) is 3.22. The van der Waals surface area contributed by atoms with Gasteiger partial charge in [-0.05, 0) is 37.4 Å². The van der Waals surface area contributed by atoms with Gasteiger partial charge in [0.05, 0.1) is 18.5 Å². The van der Waals surface area contributed by atoms with Crippen LogP contribution in [0, 0.1) is 0 Å². The van der Waals surface area contributed by atoms with Crippen molar-refractivity contribution in [3.63, 3.8) is 0 Å². The Kier molecular flexibility index (Phi) is 7.79. The van der Waals surface area contributed by atoms with Crippen LogP contribution in [-0.2, 0) is 22.4 Å².